The Morgan fingerprint density at radius 3 is 2.08 bits per heavy atom. The lowest BCUT2D eigenvalue weighted by molar-refractivity contribution is -0.327. The summed E-state index contributed by atoms with van der Waals surface area (Å²) >= 11 is 0. The van der Waals surface area contributed by atoms with Crippen LogP contribution in [0.25, 0.3) is 0 Å². The highest BCUT2D eigenvalue weighted by atomic mass is 16.7. The van der Waals surface area contributed by atoms with E-state index in [1.54, 1.807) is 6.92 Å². The molecule has 4 saturated carbocycles. The average molecular weight is 923 g/mol. The molecule has 0 spiro atoms. The van der Waals surface area contributed by atoms with Gasteiger partial charge in [0.15, 0.2) is 12.4 Å². The number of Topliss-reactive ketones (excluding diaryl/α,β-unsaturated/α-hetero) is 1. The van der Waals surface area contributed by atoms with Gasteiger partial charge in [-0.05, 0) is 104 Å². The van der Waals surface area contributed by atoms with Crippen molar-refractivity contribution in [2.24, 2.45) is 50.2 Å². The van der Waals surface area contributed by atoms with Crippen molar-refractivity contribution in [1.29, 1.82) is 0 Å². The summed E-state index contributed by atoms with van der Waals surface area (Å²) in [5.41, 5.74) is -0.144. The lowest BCUT2D eigenvalue weighted by Gasteiger charge is -2.72. The Morgan fingerprint density at radius 1 is 0.754 bits per heavy atom. The summed E-state index contributed by atoms with van der Waals surface area (Å²) < 4.78 is 36.3. The number of ketones is 1. The molecule has 17 nitrogen and oxygen atoms in total. The summed E-state index contributed by atoms with van der Waals surface area (Å²) in [5.74, 6) is -1.48. The standard InChI is InChI=1S/C48H74O17/c1-22-38(64-41-36(56)33(53)32(52)26(20-49)61-41)25(51)17-31(60-22)62-30-19-43(2,3)18-24-23-9-10-28-45(5)13-12-29(63-42-37(57)34(54)35(55)39(65-42)40(58)59)46(6,21-50)27(45)11-14-48(28,8)47(23,7)16-15-44(24,30)4/h9,24,26-37,39,41-42,49-50,52-57H,10-21H2,1-8H3,(H,58,59)/t24-,26+,27?,28?,29-,30+,31+,32+,33-,34-,35-,36+,37+,39-,41-,42+,44+,45-,46+,47+,48+/m0/s1. The third-order valence-electron chi connectivity index (χ3n) is 18.9. The molecular weight excluding hydrogens is 849 g/mol. The van der Waals surface area contributed by atoms with Crippen molar-refractivity contribution < 1.29 is 84.0 Å². The number of carbonyl (C=O) groups excluding carboxylic acids is 1. The van der Waals surface area contributed by atoms with E-state index in [0.717, 1.165) is 51.4 Å². The minimum Gasteiger partial charge on any atom is -0.479 e. The smallest absolute Gasteiger partial charge is 0.335 e. The molecule has 8 aliphatic rings. The second kappa shape index (κ2) is 17.0. The molecule has 0 radical (unpaired) electrons. The van der Waals surface area contributed by atoms with Crippen molar-refractivity contribution in [2.75, 3.05) is 13.2 Å². The molecule has 0 aromatic carbocycles. The lowest BCUT2D eigenvalue weighted by Crippen LogP contribution is -2.67. The summed E-state index contributed by atoms with van der Waals surface area (Å²) in [4.78, 5) is 25.5. The van der Waals surface area contributed by atoms with Crippen molar-refractivity contribution >= 4 is 11.8 Å². The van der Waals surface area contributed by atoms with E-state index < -0.39 is 97.6 Å². The summed E-state index contributed by atoms with van der Waals surface area (Å²) in [7, 11) is 0. The molecule has 3 heterocycles. The number of ether oxygens (including phenoxy) is 6. The lowest BCUT2D eigenvalue weighted by atomic mass is 9.33. The van der Waals surface area contributed by atoms with Gasteiger partial charge >= 0.3 is 5.97 Å². The first-order valence-electron chi connectivity index (χ1n) is 23.7. The molecule has 0 aromatic heterocycles. The van der Waals surface area contributed by atoms with E-state index in [4.69, 9.17) is 28.4 Å². The van der Waals surface area contributed by atoms with Crippen LogP contribution < -0.4 is 0 Å². The number of fused-ring (bicyclic) bond motifs is 7. The van der Waals surface area contributed by atoms with Gasteiger partial charge in [-0.2, -0.15) is 0 Å². The minimum absolute atomic E-state index is 0.0148. The van der Waals surface area contributed by atoms with Crippen LogP contribution in [-0.4, -0.2) is 151 Å². The van der Waals surface area contributed by atoms with Crippen molar-refractivity contribution in [3.05, 3.63) is 23.2 Å². The first kappa shape index (κ1) is 49.2. The Balaban J connectivity index is 1.01. The van der Waals surface area contributed by atoms with Crippen molar-refractivity contribution in [2.45, 2.75) is 200 Å². The van der Waals surface area contributed by atoms with Gasteiger partial charge in [0, 0.05) is 10.8 Å². The van der Waals surface area contributed by atoms with Crippen LogP contribution in [0.1, 0.15) is 120 Å². The zero-order valence-corrected chi connectivity index (χ0v) is 39.1. The van der Waals surface area contributed by atoms with E-state index in [2.05, 4.69) is 47.6 Å². The van der Waals surface area contributed by atoms with Gasteiger partial charge in [-0.15, -0.1) is 0 Å². The van der Waals surface area contributed by atoms with Gasteiger partial charge in [-0.3, -0.25) is 4.79 Å². The maximum Gasteiger partial charge on any atom is 0.335 e. The van der Waals surface area contributed by atoms with E-state index in [9.17, 15) is 55.5 Å². The first-order valence-corrected chi connectivity index (χ1v) is 23.7. The van der Waals surface area contributed by atoms with Crippen LogP contribution in [0.5, 0.6) is 0 Å². The molecule has 368 valence electrons. The molecule has 2 saturated heterocycles. The number of carboxylic acid groups (broad SMARTS) is 1. The summed E-state index contributed by atoms with van der Waals surface area (Å²) in [6.45, 7) is 16.9. The quantitative estimate of drug-likeness (QED) is 0.119. The molecule has 9 N–H and O–H groups in total. The van der Waals surface area contributed by atoms with Crippen LogP contribution in [0.4, 0.5) is 0 Å². The number of hydrogen-bond donors (Lipinski definition) is 9. The highest BCUT2D eigenvalue weighted by Gasteiger charge is 2.70. The van der Waals surface area contributed by atoms with Gasteiger partial charge in [0.05, 0.1) is 31.8 Å². The predicted molar refractivity (Wildman–Crippen MR) is 228 cm³/mol. The molecule has 65 heavy (non-hydrogen) atoms. The third-order valence-corrected chi connectivity index (χ3v) is 18.9. The Morgan fingerprint density at radius 2 is 1.43 bits per heavy atom. The van der Waals surface area contributed by atoms with Crippen LogP contribution in [0, 0.1) is 50.2 Å². The number of carboxylic acids is 1. The Labute approximate surface area is 381 Å². The minimum atomic E-state index is -1.83. The molecule has 0 amide bonds. The van der Waals surface area contributed by atoms with Crippen LogP contribution in [0.15, 0.2) is 23.2 Å². The number of allylic oxidation sites excluding steroid dienone is 4. The van der Waals surface area contributed by atoms with Gasteiger partial charge in [-0.1, -0.05) is 60.1 Å². The zero-order chi connectivity index (χ0) is 47.6. The van der Waals surface area contributed by atoms with Crippen molar-refractivity contribution in [3.8, 4) is 0 Å². The highest BCUT2D eigenvalue weighted by Crippen LogP contribution is 2.76. The molecule has 6 fully saturated rings. The van der Waals surface area contributed by atoms with Crippen LogP contribution >= 0.6 is 0 Å². The number of carbonyl (C=O) groups is 2. The van der Waals surface area contributed by atoms with E-state index in [0.29, 0.717) is 6.42 Å². The Kier molecular flexibility index (Phi) is 12.9. The van der Waals surface area contributed by atoms with Crippen LogP contribution in [-0.2, 0) is 38.0 Å². The van der Waals surface area contributed by atoms with Gasteiger partial charge in [0.25, 0.3) is 0 Å². The van der Waals surface area contributed by atoms with Crippen LogP contribution in [0.2, 0.25) is 0 Å². The molecule has 17 heteroatoms. The fraction of sp³-hybridized carbons (Fsp3) is 0.875. The van der Waals surface area contributed by atoms with E-state index in [1.807, 2.05) is 6.92 Å². The molecule has 3 aliphatic heterocycles. The molecular formula is C48H74O17. The number of aliphatic hydroxyl groups is 8. The second-order valence-corrected chi connectivity index (χ2v) is 23.0. The second-order valence-electron chi connectivity index (χ2n) is 23.0. The number of rotatable bonds is 9. The Bertz CT molecular complexity index is 1900. The first-order chi connectivity index (χ1) is 30.3. The van der Waals surface area contributed by atoms with Gasteiger partial charge in [-0.25, -0.2) is 4.79 Å². The molecule has 21 atom stereocenters. The fourth-order valence-corrected chi connectivity index (χ4v) is 14.8. The zero-order valence-electron chi connectivity index (χ0n) is 39.1. The molecule has 0 bridgehead atoms. The summed E-state index contributed by atoms with van der Waals surface area (Å²) in [6, 6.07) is 0. The highest BCUT2D eigenvalue weighted by molar-refractivity contribution is 5.94. The molecule has 8 rings (SSSR count). The predicted octanol–water partition coefficient (Wildman–Crippen LogP) is 2.42. The van der Waals surface area contributed by atoms with Gasteiger partial charge in [0.1, 0.15) is 48.5 Å². The number of aliphatic hydroxyl groups excluding tert-OH is 8. The van der Waals surface area contributed by atoms with Gasteiger partial charge < -0.3 is 74.4 Å². The normalized spacial score (nSPS) is 51.9. The molecule has 0 aromatic rings. The topological polar surface area (TPSA) is 272 Å². The van der Waals surface area contributed by atoms with Crippen molar-refractivity contribution in [1.82, 2.24) is 0 Å². The number of aliphatic carboxylic acids is 1. The average Bonchev–Trinajstić information content (AvgIpc) is 3.23. The molecule has 2 unspecified atom stereocenters. The molecule has 5 aliphatic carbocycles. The summed E-state index contributed by atoms with van der Waals surface area (Å²) in [6.07, 6.45) is -8.20. The Hall–Kier alpha value is -2.26. The number of hydrogen-bond acceptors (Lipinski definition) is 16. The van der Waals surface area contributed by atoms with Crippen molar-refractivity contribution in [3.63, 3.8) is 0 Å². The SMILES string of the molecule is CC1=C(O[C@@H]2O[C@H](CO)[C@@H](O)[C@H](O)[C@H]2O)C(=O)C[C@@H](O[C@@H]2CC(C)(C)C[C@H]3C4=CCC5[C@@]6(C)CC[C@H](O[C@@H]7O[C@H](C(=O)O)[C@@H](O)[C@H](O)[C@H]7O)[C@](C)(CO)C6CC[C@@]5(C)[C@]4(C)CC[C@@]23C)O1. The largest absolute Gasteiger partial charge is 0.479 e. The van der Waals surface area contributed by atoms with Crippen LogP contribution in [0.3, 0.4) is 0 Å². The van der Waals surface area contributed by atoms with E-state index in [1.165, 1.54) is 5.57 Å². The third kappa shape index (κ3) is 7.65. The summed E-state index contributed by atoms with van der Waals surface area (Å²) in [5, 5.41) is 93.2. The maximum absolute atomic E-state index is 13.7. The van der Waals surface area contributed by atoms with Gasteiger partial charge in [0.2, 0.25) is 24.1 Å². The fourth-order valence-electron chi connectivity index (χ4n) is 14.8. The maximum atomic E-state index is 13.7. The van der Waals surface area contributed by atoms with E-state index in [-0.39, 0.29) is 75.5 Å². The van der Waals surface area contributed by atoms with E-state index >= 15 is 0 Å². The monoisotopic (exact) mass is 922 g/mol.